The SMILES string of the molecule is O=C(NC(CC(=O)N1CCCC(C(=O)Nc2ccccc2)C1)c1ccccc1)c1ccccc1. The number of nitrogens with one attached hydrogen (secondary N) is 2. The van der Waals surface area contributed by atoms with Gasteiger partial charge in [0, 0.05) is 24.3 Å². The maximum atomic E-state index is 13.3. The van der Waals surface area contributed by atoms with Gasteiger partial charge in [-0.15, -0.1) is 0 Å². The molecule has 1 heterocycles. The Morgan fingerprint density at radius 2 is 1.47 bits per heavy atom. The number of carbonyl (C=O) groups is 3. The lowest BCUT2D eigenvalue weighted by Gasteiger charge is -2.33. The number of amides is 3. The second-order valence-corrected chi connectivity index (χ2v) is 8.54. The normalized spacial score (nSPS) is 16.4. The van der Waals surface area contributed by atoms with Crippen molar-refractivity contribution in [2.45, 2.75) is 25.3 Å². The third kappa shape index (κ3) is 6.10. The molecular weight excluding hydrogens is 426 g/mol. The zero-order valence-corrected chi connectivity index (χ0v) is 19.0. The summed E-state index contributed by atoms with van der Waals surface area (Å²) in [6.07, 6.45) is 1.65. The van der Waals surface area contributed by atoms with E-state index in [9.17, 15) is 14.4 Å². The van der Waals surface area contributed by atoms with Crippen molar-refractivity contribution >= 4 is 23.4 Å². The number of likely N-dealkylation sites (tertiary alicyclic amines) is 1. The molecule has 0 aliphatic carbocycles. The third-order valence-corrected chi connectivity index (χ3v) is 6.11. The van der Waals surface area contributed by atoms with Crippen LogP contribution in [0, 0.1) is 5.92 Å². The molecule has 4 rings (SSSR count). The lowest BCUT2D eigenvalue weighted by molar-refractivity contribution is -0.135. The van der Waals surface area contributed by atoms with E-state index in [1.807, 2.05) is 78.9 Å². The number of hydrogen-bond donors (Lipinski definition) is 2. The minimum absolute atomic E-state index is 0.0688. The summed E-state index contributed by atoms with van der Waals surface area (Å²) in [6, 6.07) is 27.4. The molecule has 1 aliphatic heterocycles. The zero-order chi connectivity index (χ0) is 23.8. The summed E-state index contributed by atoms with van der Waals surface area (Å²) in [5.74, 6) is -0.617. The first-order chi connectivity index (χ1) is 16.6. The van der Waals surface area contributed by atoms with E-state index >= 15 is 0 Å². The number of piperidine rings is 1. The molecule has 2 atom stereocenters. The molecule has 3 aromatic rings. The molecule has 6 heteroatoms. The lowest BCUT2D eigenvalue weighted by atomic mass is 9.95. The van der Waals surface area contributed by atoms with Crippen LogP contribution in [0.25, 0.3) is 0 Å². The van der Waals surface area contributed by atoms with Crippen LogP contribution in [-0.4, -0.2) is 35.7 Å². The highest BCUT2D eigenvalue weighted by atomic mass is 16.2. The van der Waals surface area contributed by atoms with Crippen LogP contribution >= 0.6 is 0 Å². The van der Waals surface area contributed by atoms with Crippen LogP contribution in [-0.2, 0) is 9.59 Å². The predicted octanol–water partition coefficient (Wildman–Crippen LogP) is 4.43. The van der Waals surface area contributed by atoms with Gasteiger partial charge in [-0.25, -0.2) is 0 Å². The summed E-state index contributed by atoms with van der Waals surface area (Å²) in [6.45, 7) is 0.994. The molecule has 174 valence electrons. The standard InChI is InChI=1S/C28H29N3O3/c32-26(31-18-10-15-23(20-31)28(34)29-24-16-8-3-9-17-24)19-25(21-11-4-1-5-12-21)30-27(33)22-13-6-2-7-14-22/h1-9,11-14,16-17,23,25H,10,15,18-20H2,(H,29,34)(H,30,33). The summed E-state index contributed by atoms with van der Waals surface area (Å²) < 4.78 is 0. The molecule has 0 saturated carbocycles. The van der Waals surface area contributed by atoms with Crippen LogP contribution in [0.3, 0.4) is 0 Å². The Balaban J connectivity index is 1.42. The number of rotatable bonds is 7. The quantitative estimate of drug-likeness (QED) is 0.553. The van der Waals surface area contributed by atoms with Gasteiger partial charge in [0.25, 0.3) is 5.91 Å². The lowest BCUT2D eigenvalue weighted by Crippen LogP contribution is -2.45. The fraction of sp³-hybridized carbons (Fsp3) is 0.250. The van der Waals surface area contributed by atoms with Crippen molar-refractivity contribution in [2.75, 3.05) is 18.4 Å². The zero-order valence-electron chi connectivity index (χ0n) is 19.0. The van der Waals surface area contributed by atoms with Gasteiger partial charge >= 0.3 is 0 Å². The van der Waals surface area contributed by atoms with E-state index in [4.69, 9.17) is 0 Å². The van der Waals surface area contributed by atoms with Crippen LogP contribution in [0.4, 0.5) is 5.69 Å². The highest BCUT2D eigenvalue weighted by molar-refractivity contribution is 5.95. The molecule has 3 amide bonds. The van der Waals surface area contributed by atoms with Crippen molar-refractivity contribution in [1.29, 1.82) is 0 Å². The molecule has 0 aromatic heterocycles. The van der Waals surface area contributed by atoms with Gasteiger partial charge < -0.3 is 15.5 Å². The van der Waals surface area contributed by atoms with Gasteiger partial charge in [-0.1, -0.05) is 66.7 Å². The largest absolute Gasteiger partial charge is 0.345 e. The summed E-state index contributed by atoms with van der Waals surface area (Å²) in [4.78, 5) is 40.6. The minimum Gasteiger partial charge on any atom is -0.345 e. The summed E-state index contributed by atoms with van der Waals surface area (Å²) >= 11 is 0. The van der Waals surface area contributed by atoms with Gasteiger partial charge in [-0.05, 0) is 42.7 Å². The van der Waals surface area contributed by atoms with E-state index in [1.165, 1.54) is 0 Å². The fourth-order valence-corrected chi connectivity index (χ4v) is 4.26. The molecule has 2 N–H and O–H groups in total. The number of carbonyl (C=O) groups excluding carboxylic acids is 3. The topological polar surface area (TPSA) is 78.5 Å². The number of para-hydroxylation sites is 1. The van der Waals surface area contributed by atoms with Crippen molar-refractivity contribution in [3.8, 4) is 0 Å². The third-order valence-electron chi connectivity index (χ3n) is 6.11. The molecule has 0 spiro atoms. The Morgan fingerprint density at radius 1 is 0.853 bits per heavy atom. The number of nitrogens with zero attached hydrogens (tertiary/aromatic N) is 1. The molecule has 0 radical (unpaired) electrons. The summed E-state index contributed by atoms with van der Waals surface area (Å²) in [7, 11) is 0. The average molecular weight is 456 g/mol. The van der Waals surface area contributed by atoms with Gasteiger partial charge in [-0.3, -0.25) is 14.4 Å². The smallest absolute Gasteiger partial charge is 0.251 e. The van der Waals surface area contributed by atoms with Gasteiger partial charge in [0.15, 0.2) is 0 Å². The number of anilines is 1. The highest BCUT2D eigenvalue weighted by Crippen LogP contribution is 2.23. The maximum Gasteiger partial charge on any atom is 0.251 e. The Labute approximate surface area is 200 Å². The van der Waals surface area contributed by atoms with Crippen LogP contribution in [0.15, 0.2) is 91.0 Å². The second kappa shape index (κ2) is 11.3. The molecule has 3 aromatic carbocycles. The maximum absolute atomic E-state index is 13.3. The molecule has 2 unspecified atom stereocenters. The average Bonchev–Trinajstić information content (AvgIpc) is 2.90. The van der Waals surface area contributed by atoms with Crippen LogP contribution in [0.2, 0.25) is 0 Å². The fourth-order valence-electron chi connectivity index (χ4n) is 4.26. The van der Waals surface area contributed by atoms with Crippen LogP contribution < -0.4 is 10.6 Å². The van der Waals surface area contributed by atoms with Gasteiger partial charge in [0.1, 0.15) is 0 Å². The molecule has 0 bridgehead atoms. The second-order valence-electron chi connectivity index (χ2n) is 8.54. The molecule has 1 fully saturated rings. The van der Waals surface area contributed by atoms with E-state index in [-0.39, 0.29) is 30.1 Å². The van der Waals surface area contributed by atoms with Crippen molar-refractivity contribution in [2.24, 2.45) is 5.92 Å². The van der Waals surface area contributed by atoms with Crippen molar-refractivity contribution in [1.82, 2.24) is 10.2 Å². The number of hydrogen-bond acceptors (Lipinski definition) is 3. The molecule has 1 saturated heterocycles. The van der Waals surface area contributed by atoms with Gasteiger partial charge in [-0.2, -0.15) is 0 Å². The predicted molar refractivity (Wildman–Crippen MR) is 132 cm³/mol. The summed E-state index contributed by atoms with van der Waals surface area (Å²) in [5.41, 5.74) is 2.17. The van der Waals surface area contributed by atoms with Crippen LogP contribution in [0.5, 0.6) is 0 Å². The van der Waals surface area contributed by atoms with Crippen LogP contribution in [0.1, 0.15) is 41.2 Å². The summed E-state index contributed by atoms with van der Waals surface area (Å²) in [5, 5.41) is 5.97. The first kappa shape index (κ1) is 23.2. The van der Waals surface area contributed by atoms with E-state index in [2.05, 4.69) is 10.6 Å². The molecule has 6 nitrogen and oxygen atoms in total. The Morgan fingerprint density at radius 3 is 2.15 bits per heavy atom. The van der Waals surface area contributed by atoms with Crippen molar-refractivity contribution in [3.63, 3.8) is 0 Å². The van der Waals surface area contributed by atoms with Gasteiger partial charge in [0.05, 0.1) is 18.4 Å². The molecule has 34 heavy (non-hydrogen) atoms. The first-order valence-corrected chi connectivity index (χ1v) is 11.6. The van der Waals surface area contributed by atoms with E-state index in [0.29, 0.717) is 18.7 Å². The monoisotopic (exact) mass is 455 g/mol. The first-order valence-electron chi connectivity index (χ1n) is 11.6. The Hall–Kier alpha value is -3.93. The van der Waals surface area contributed by atoms with E-state index in [0.717, 1.165) is 24.1 Å². The number of benzene rings is 3. The minimum atomic E-state index is -0.458. The van der Waals surface area contributed by atoms with Crippen molar-refractivity contribution in [3.05, 3.63) is 102 Å². The van der Waals surface area contributed by atoms with Crippen molar-refractivity contribution < 1.29 is 14.4 Å². The van der Waals surface area contributed by atoms with E-state index in [1.54, 1.807) is 17.0 Å². The molecular formula is C28H29N3O3. The Bertz CT molecular complexity index is 1100. The molecule has 1 aliphatic rings. The Kier molecular flexibility index (Phi) is 7.71. The van der Waals surface area contributed by atoms with Gasteiger partial charge in [0.2, 0.25) is 11.8 Å². The highest BCUT2D eigenvalue weighted by Gasteiger charge is 2.30. The van der Waals surface area contributed by atoms with E-state index < -0.39 is 6.04 Å².